The molecule has 21 heavy (non-hydrogen) atoms. The number of sulfonamides is 1. The van der Waals surface area contributed by atoms with Gasteiger partial charge in [0.25, 0.3) is 10.0 Å². The van der Waals surface area contributed by atoms with Gasteiger partial charge in [0.2, 0.25) is 0 Å². The lowest BCUT2D eigenvalue weighted by Gasteiger charge is -2.19. The molecule has 0 aromatic carbocycles. The van der Waals surface area contributed by atoms with Crippen molar-refractivity contribution in [3.8, 4) is 0 Å². The summed E-state index contributed by atoms with van der Waals surface area (Å²) >= 11 is 6.56. The summed E-state index contributed by atoms with van der Waals surface area (Å²) in [5.41, 5.74) is 0.399. The number of rotatable bonds is 6. The van der Waals surface area contributed by atoms with Crippen LogP contribution >= 0.6 is 22.9 Å². The van der Waals surface area contributed by atoms with Gasteiger partial charge in [0.15, 0.2) is 8.68 Å². The maximum atomic E-state index is 12.1. The Morgan fingerprint density at radius 1 is 1.24 bits per heavy atom. The van der Waals surface area contributed by atoms with Crippen LogP contribution in [0.15, 0.2) is 28.7 Å². The number of hydrogen-bond donors (Lipinski definition) is 1. The molecule has 0 unspecified atom stereocenters. The lowest BCUT2D eigenvalue weighted by molar-refractivity contribution is 0.603. The summed E-state index contributed by atoms with van der Waals surface area (Å²) in [6, 6.07) is 3.46. The lowest BCUT2D eigenvalue weighted by atomic mass is 10.4. The minimum Gasteiger partial charge on any atom is -0.357 e. The molecule has 0 aliphatic carbocycles. The van der Waals surface area contributed by atoms with E-state index in [1.807, 2.05) is 13.8 Å². The third-order valence-electron chi connectivity index (χ3n) is 2.81. The van der Waals surface area contributed by atoms with Crippen molar-refractivity contribution in [2.24, 2.45) is 0 Å². The molecule has 0 fully saturated rings. The summed E-state index contributed by atoms with van der Waals surface area (Å²) in [5.74, 6) is 0.809. The van der Waals surface area contributed by atoms with Crippen LogP contribution in [0.5, 0.6) is 0 Å². The Morgan fingerprint density at radius 2 is 1.95 bits per heavy atom. The van der Waals surface area contributed by atoms with Crippen molar-refractivity contribution in [2.45, 2.75) is 18.1 Å². The highest BCUT2D eigenvalue weighted by atomic mass is 35.5. The molecule has 0 bridgehead atoms. The SMILES string of the molecule is CCN(CC)c1ccc(NS(=O)(=O)c2cnc(Cl)s2)cn1. The maximum absolute atomic E-state index is 12.1. The number of pyridine rings is 1. The zero-order valence-electron chi connectivity index (χ0n) is 11.6. The van der Waals surface area contributed by atoms with Crippen LogP contribution in [0.1, 0.15) is 13.8 Å². The second-order valence-corrected chi connectivity index (χ2v) is 7.64. The number of hydrogen-bond acceptors (Lipinski definition) is 6. The highest BCUT2D eigenvalue weighted by Crippen LogP contribution is 2.24. The summed E-state index contributed by atoms with van der Waals surface area (Å²) in [4.78, 5) is 10.1. The molecule has 0 aliphatic heterocycles. The van der Waals surface area contributed by atoms with Crippen LogP contribution < -0.4 is 9.62 Å². The van der Waals surface area contributed by atoms with Gasteiger partial charge in [0.05, 0.1) is 18.1 Å². The fourth-order valence-electron chi connectivity index (χ4n) is 1.75. The predicted molar refractivity (Wildman–Crippen MR) is 85.7 cm³/mol. The quantitative estimate of drug-likeness (QED) is 0.870. The van der Waals surface area contributed by atoms with Gasteiger partial charge in [-0.1, -0.05) is 22.9 Å². The first kappa shape index (κ1) is 16.0. The summed E-state index contributed by atoms with van der Waals surface area (Å²) < 4.78 is 26.9. The smallest absolute Gasteiger partial charge is 0.273 e. The number of halogens is 1. The van der Waals surface area contributed by atoms with Gasteiger partial charge in [0, 0.05) is 13.1 Å². The third-order valence-corrected chi connectivity index (χ3v) is 5.77. The third kappa shape index (κ3) is 3.84. The number of anilines is 2. The molecule has 9 heteroatoms. The van der Waals surface area contributed by atoms with Gasteiger partial charge in [-0.15, -0.1) is 0 Å². The van der Waals surface area contributed by atoms with Gasteiger partial charge in [-0.3, -0.25) is 4.72 Å². The molecular weight excluding hydrogens is 332 g/mol. The molecule has 114 valence electrons. The maximum Gasteiger partial charge on any atom is 0.273 e. The summed E-state index contributed by atoms with van der Waals surface area (Å²) in [5, 5.41) is 0. The van der Waals surface area contributed by atoms with E-state index in [-0.39, 0.29) is 8.68 Å². The van der Waals surface area contributed by atoms with E-state index in [1.165, 1.54) is 12.4 Å². The minimum absolute atomic E-state index is 0.0697. The van der Waals surface area contributed by atoms with Gasteiger partial charge in [-0.2, -0.15) is 0 Å². The Morgan fingerprint density at radius 3 is 2.43 bits per heavy atom. The van der Waals surface area contributed by atoms with Crippen LogP contribution in [0.2, 0.25) is 4.47 Å². The highest BCUT2D eigenvalue weighted by Gasteiger charge is 2.18. The van der Waals surface area contributed by atoms with Crippen molar-refractivity contribution >= 4 is 44.5 Å². The number of nitrogens with one attached hydrogen (secondary N) is 1. The van der Waals surface area contributed by atoms with Gasteiger partial charge in [0.1, 0.15) is 5.82 Å². The van der Waals surface area contributed by atoms with E-state index in [2.05, 4.69) is 19.6 Å². The number of thiazole rings is 1. The first-order valence-electron chi connectivity index (χ1n) is 6.31. The van der Waals surface area contributed by atoms with E-state index in [1.54, 1.807) is 12.1 Å². The highest BCUT2D eigenvalue weighted by molar-refractivity contribution is 7.94. The molecule has 0 spiro atoms. The van der Waals surface area contributed by atoms with E-state index in [0.717, 1.165) is 30.2 Å². The molecule has 2 aromatic heterocycles. The van der Waals surface area contributed by atoms with Gasteiger partial charge in [-0.05, 0) is 26.0 Å². The summed E-state index contributed by atoms with van der Waals surface area (Å²) in [6.45, 7) is 5.76. The molecule has 0 saturated carbocycles. The first-order chi connectivity index (χ1) is 9.96. The van der Waals surface area contributed by atoms with E-state index in [0.29, 0.717) is 5.69 Å². The van der Waals surface area contributed by atoms with Crippen molar-refractivity contribution in [1.82, 2.24) is 9.97 Å². The Bertz CT molecular complexity index is 696. The molecule has 0 radical (unpaired) electrons. The predicted octanol–water partition coefficient (Wildman–Crippen LogP) is 2.84. The second-order valence-electron chi connectivity index (χ2n) is 4.12. The van der Waals surface area contributed by atoms with Crippen LogP contribution in [-0.2, 0) is 10.0 Å². The largest absolute Gasteiger partial charge is 0.357 e. The zero-order chi connectivity index (χ0) is 15.5. The van der Waals surface area contributed by atoms with E-state index < -0.39 is 10.0 Å². The second kappa shape index (κ2) is 6.59. The Kier molecular flexibility index (Phi) is 5.02. The average Bonchev–Trinajstić information content (AvgIpc) is 2.89. The van der Waals surface area contributed by atoms with Crippen LogP contribution in [0.25, 0.3) is 0 Å². The van der Waals surface area contributed by atoms with Crippen molar-refractivity contribution in [1.29, 1.82) is 0 Å². The standard InChI is InChI=1S/C12H15ClN4O2S2/c1-3-17(4-2)10-6-5-9(7-14-10)16-21(18,19)11-8-15-12(13)20-11/h5-8,16H,3-4H2,1-2H3. The molecule has 2 heterocycles. The molecule has 0 aliphatic rings. The van der Waals surface area contributed by atoms with Crippen LogP contribution in [0.3, 0.4) is 0 Å². The molecule has 1 N–H and O–H groups in total. The summed E-state index contributed by atoms with van der Waals surface area (Å²) in [7, 11) is -3.67. The van der Waals surface area contributed by atoms with E-state index >= 15 is 0 Å². The Balaban J connectivity index is 2.17. The molecule has 0 atom stereocenters. The van der Waals surface area contributed by atoms with Crippen LogP contribution in [0, 0.1) is 0 Å². The zero-order valence-corrected chi connectivity index (χ0v) is 14.0. The normalized spacial score (nSPS) is 11.4. The fraction of sp³-hybridized carbons (Fsp3) is 0.333. The lowest BCUT2D eigenvalue weighted by Crippen LogP contribution is -2.22. The molecule has 6 nitrogen and oxygen atoms in total. The summed E-state index contributed by atoms with van der Waals surface area (Å²) in [6.07, 6.45) is 2.72. The monoisotopic (exact) mass is 346 g/mol. The van der Waals surface area contributed by atoms with Crippen molar-refractivity contribution in [3.05, 3.63) is 29.0 Å². The molecule has 0 saturated heterocycles. The molecular formula is C12H15ClN4O2S2. The van der Waals surface area contributed by atoms with Gasteiger partial charge in [-0.25, -0.2) is 18.4 Å². The average molecular weight is 347 g/mol. The van der Waals surface area contributed by atoms with E-state index in [4.69, 9.17) is 11.6 Å². The Hall–Kier alpha value is -1.38. The van der Waals surface area contributed by atoms with Gasteiger partial charge < -0.3 is 4.90 Å². The number of nitrogens with zero attached hydrogens (tertiary/aromatic N) is 3. The van der Waals surface area contributed by atoms with Crippen molar-refractivity contribution in [2.75, 3.05) is 22.7 Å². The van der Waals surface area contributed by atoms with E-state index in [9.17, 15) is 8.42 Å². The first-order valence-corrected chi connectivity index (χ1v) is 8.99. The van der Waals surface area contributed by atoms with Crippen LogP contribution in [0.4, 0.5) is 11.5 Å². The molecule has 2 aromatic rings. The fourth-order valence-corrected chi connectivity index (χ4v) is 4.09. The molecule has 2 rings (SSSR count). The number of aromatic nitrogens is 2. The Labute approximate surface area is 132 Å². The molecule has 0 amide bonds. The van der Waals surface area contributed by atoms with Crippen LogP contribution in [-0.4, -0.2) is 31.5 Å². The van der Waals surface area contributed by atoms with Crippen molar-refractivity contribution < 1.29 is 8.42 Å². The minimum atomic E-state index is -3.67. The van der Waals surface area contributed by atoms with Crippen molar-refractivity contribution in [3.63, 3.8) is 0 Å². The van der Waals surface area contributed by atoms with Gasteiger partial charge >= 0.3 is 0 Å². The topological polar surface area (TPSA) is 75.2 Å².